The van der Waals surface area contributed by atoms with Crippen LogP contribution < -0.4 is 15.6 Å². The van der Waals surface area contributed by atoms with Crippen molar-refractivity contribution >= 4 is 27.2 Å². The molecule has 0 spiro atoms. The van der Waals surface area contributed by atoms with Gasteiger partial charge in [-0.1, -0.05) is 49.7 Å². The van der Waals surface area contributed by atoms with E-state index >= 15 is 0 Å². The maximum atomic E-state index is 13.1. The normalized spacial score (nSPS) is 11.4. The summed E-state index contributed by atoms with van der Waals surface area (Å²) < 4.78 is 29.1. The van der Waals surface area contributed by atoms with Crippen LogP contribution >= 0.6 is 0 Å². The maximum absolute atomic E-state index is 13.1. The molecule has 0 unspecified atom stereocenters. The molecule has 3 aromatic rings. The number of Topliss-reactive ketones (excluding diaryl/α,β-unsaturated/α-hetero) is 1. The molecular weight excluding hydrogens is 440 g/mol. The van der Waals surface area contributed by atoms with Crippen LogP contribution in [0.3, 0.4) is 0 Å². The number of aryl methyl sites for hydroxylation is 1. The van der Waals surface area contributed by atoms with E-state index in [0.29, 0.717) is 30.0 Å². The van der Waals surface area contributed by atoms with E-state index in [0.717, 1.165) is 12.8 Å². The van der Waals surface area contributed by atoms with Gasteiger partial charge in [-0.3, -0.25) is 9.59 Å². The number of ketones is 1. The highest BCUT2D eigenvalue weighted by Gasteiger charge is 2.22. The quantitative estimate of drug-likeness (QED) is 0.344. The summed E-state index contributed by atoms with van der Waals surface area (Å²) in [5, 5.41) is 7.42. The Labute approximate surface area is 193 Å². The number of nitrogens with one attached hydrogen (secondary N) is 2. The number of hydrogen-bond donors (Lipinski definition) is 2. The van der Waals surface area contributed by atoms with E-state index in [2.05, 4.69) is 15.1 Å². The van der Waals surface area contributed by atoms with Crippen LogP contribution in [0.4, 0.5) is 11.4 Å². The smallest absolute Gasteiger partial charge is 0.291 e. The Hall–Kier alpha value is -3.30. The summed E-state index contributed by atoms with van der Waals surface area (Å²) in [5.41, 5.74) is 1.22. The van der Waals surface area contributed by atoms with Gasteiger partial charge >= 0.3 is 0 Å². The highest BCUT2D eigenvalue weighted by molar-refractivity contribution is 7.89. The monoisotopic (exact) mass is 468 g/mol. The van der Waals surface area contributed by atoms with E-state index in [1.54, 1.807) is 19.1 Å². The molecule has 2 aromatic carbocycles. The second-order valence-corrected chi connectivity index (χ2v) is 9.31. The minimum atomic E-state index is -3.70. The van der Waals surface area contributed by atoms with Crippen LogP contribution in [0.2, 0.25) is 0 Å². The molecule has 0 radical (unpaired) electrons. The number of unbranched alkanes of at least 4 members (excludes halogenated alkanes) is 1. The largest absolute Gasteiger partial charge is 0.350 e. The molecule has 8 nitrogen and oxygen atoms in total. The number of benzene rings is 2. The third-order valence-electron chi connectivity index (χ3n) is 5.09. The predicted molar refractivity (Wildman–Crippen MR) is 129 cm³/mol. The van der Waals surface area contributed by atoms with Gasteiger partial charge in [0.2, 0.25) is 10.0 Å². The summed E-state index contributed by atoms with van der Waals surface area (Å²) in [5.74, 6) is -0.325. The van der Waals surface area contributed by atoms with Crippen molar-refractivity contribution in [2.24, 2.45) is 0 Å². The molecule has 0 saturated heterocycles. The number of sulfonamides is 1. The number of aromatic nitrogens is 2. The highest BCUT2D eigenvalue weighted by atomic mass is 32.2. The zero-order valence-electron chi connectivity index (χ0n) is 19.0. The van der Waals surface area contributed by atoms with E-state index in [4.69, 9.17) is 0 Å². The van der Waals surface area contributed by atoms with Gasteiger partial charge < -0.3 is 5.32 Å². The van der Waals surface area contributed by atoms with Crippen LogP contribution in [0.1, 0.15) is 44.0 Å². The fourth-order valence-electron chi connectivity index (χ4n) is 3.39. The molecule has 1 aromatic heterocycles. The average Bonchev–Trinajstić information content (AvgIpc) is 2.81. The standard InChI is InChI=1S/C24H28N4O4S/c1-4-6-15-25-33(31,32)20-14-10-13-19(16-20)26-23-21(17(3)29)22(18-11-8-7-9-12-18)27-28(5-2)24(23)30/h7-14,16,25-26H,4-6,15H2,1-3H3. The lowest BCUT2D eigenvalue weighted by Crippen LogP contribution is -2.28. The molecule has 174 valence electrons. The summed E-state index contributed by atoms with van der Waals surface area (Å²) >= 11 is 0. The average molecular weight is 469 g/mol. The van der Waals surface area contributed by atoms with Gasteiger partial charge in [-0.15, -0.1) is 0 Å². The molecule has 0 saturated carbocycles. The molecular formula is C24H28N4O4S. The first-order chi connectivity index (χ1) is 15.8. The Balaban J connectivity index is 2.11. The second kappa shape index (κ2) is 10.5. The summed E-state index contributed by atoms with van der Waals surface area (Å²) in [4.78, 5) is 25.8. The van der Waals surface area contributed by atoms with Crippen molar-refractivity contribution in [3.8, 4) is 11.3 Å². The van der Waals surface area contributed by atoms with Crippen LogP contribution in [0.5, 0.6) is 0 Å². The van der Waals surface area contributed by atoms with E-state index < -0.39 is 15.6 Å². The Kier molecular flexibility index (Phi) is 7.78. The van der Waals surface area contributed by atoms with Crippen molar-refractivity contribution in [2.45, 2.75) is 45.1 Å². The molecule has 33 heavy (non-hydrogen) atoms. The van der Waals surface area contributed by atoms with Crippen LogP contribution in [0.25, 0.3) is 11.3 Å². The van der Waals surface area contributed by atoms with Crippen molar-refractivity contribution in [3.05, 3.63) is 70.5 Å². The third-order valence-corrected chi connectivity index (χ3v) is 6.55. The minimum absolute atomic E-state index is 0.0618. The van der Waals surface area contributed by atoms with Crippen molar-refractivity contribution in [3.63, 3.8) is 0 Å². The molecule has 0 aliphatic heterocycles. The summed E-state index contributed by atoms with van der Waals surface area (Å²) in [7, 11) is -3.70. The summed E-state index contributed by atoms with van der Waals surface area (Å²) in [6.45, 7) is 5.80. The van der Waals surface area contributed by atoms with Crippen molar-refractivity contribution < 1.29 is 13.2 Å². The second-order valence-electron chi connectivity index (χ2n) is 7.55. The van der Waals surface area contributed by atoms with E-state index in [1.807, 2.05) is 37.3 Å². The van der Waals surface area contributed by atoms with Gasteiger partial charge in [0.25, 0.3) is 5.56 Å². The lowest BCUT2D eigenvalue weighted by atomic mass is 10.0. The first-order valence-electron chi connectivity index (χ1n) is 10.9. The lowest BCUT2D eigenvalue weighted by molar-refractivity contribution is 0.101. The van der Waals surface area contributed by atoms with Crippen LogP contribution in [-0.2, 0) is 16.6 Å². The van der Waals surface area contributed by atoms with Gasteiger partial charge in [0, 0.05) is 24.3 Å². The van der Waals surface area contributed by atoms with Gasteiger partial charge in [0.05, 0.1) is 10.5 Å². The fraction of sp³-hybridized carbons (Fsp3) is 0.292. The zero-order chi connectivity index (χ0) is 24.0. The summed E-state index contributed by atoms with van der Waals surface area (Å²) in [6, 6.07) is 15.3. The molecule has 2 N–H and O–H groups in total. The number of anilines is 2. The topological polar surface area (TPSA) is 110 Å². The molecule has 0 bridgehead atoms. The third kappa shape index (κ3) is 5.55. The van der Waals surface area contributed by atoms with Gasteiger partial charge in [0.1, 0.15) is 11.4 Å². The first kappa shape index (κ1) is 24.3. The van der Waals surface area contributed by atoms with Crippen molar-refractivity contribution in [2.75, 3.05) is 11.9 Å². The van der Waals surface area contributed by atoms with Gasteiger partial charge in [0.15, 0.2) is 5.78 Å². The Morgan fingerprint density at radius 2 is 1.79 bits per heavy atom. The van der Waals surface area contributed by atoms with Gasteiger partial charge in [-0.2, -0.15) is 5.10 Å². The molecule has 3 rings (SSSR count). The fourth-order valence-corrected chi connectivity index (χ4v) is 4.51. The molecule has 1 heterocycles. The molecule has 0 aliphatic rings. The van der Waals surface area contributed by atoms with Crippen LogP contribution in [0, 0.1) is 0 Å². The van der Waals surface area contributed by atoms with E-state index in [9.17, 15) is 18.0 Å². The van der Waals surface area contributed by atoms with Crippen molar-refractivity contribution in [1.82, 2.24) is 14.5 Å². The zero-order valence-corrected chi connectivity index (χ0v) is 19.8. The molecule has 0 atom stereocenters. The minimum Gasteiger partial charge on any atom is -0.350 e. The van der Waals surface area contributed by atoms with Crippen LogP contribution in [-0.4, -0.2) is 30.5 Å². The number of carbonyl (C=O) groups excluding carboxylic acids is 1. The molecule has 0 aliphatic carbocycles. The Morgan fingerprint density at radius 1 is 1.06 bits per heavy atom. The van der Waals surface area contributed by atoms with E-state index in [1.165, 1.54) is 23.7 Å². The molecule has 0 fully saturated rings. The number of hydrogen-bond acceptors (Lipinski definition) is 6. The number of carbonyl (C=O) groups is 1. The van der Waals surface area contributed by atoms with Gasteiger partial charge in [-0.25, -0.2) is 17.8 Å². The van der Waals surface area contributed by atoms with Crippen molar-refractivity contribution in [1.29, 1.82) is 0 Å². The van der Waals surface area contributed by atoms with Gasteiger partial charge in [-0.05, 0) is 38.5 Å². The Morgan fingerprint density at radius 3 is 2.42 bits per heavy atom. The lowest BCUT2D eigenvalue weighted by Gasteiger charge is -2.16. The maximum Gasteiger partial charge on any atom is 0.291 e. The molecule has 0 amide bonds. The highest BCUT2D eigenvalue weighted by Crippen LogP contribution is 2.28. The number of rotatable bonds is 10. The number of nitrogens with zero attached hydrogens (tertiary/aromatic N) is 2. The Bertz CT molecular complexity index is 1300. The van der Waals surface area contributed by atoms with Crippen LogP contribution in [0.15, 0.2) is 64.3 Å². The summed E-state index contributed by atoms with van der Waals surface area (Å²) in [6.07, 6.45) is 1.60. The van der Waals surface area contributed by atoms with E-state index in [-0.39, 0.29) is 21.9 Å². The predicted octanol–water partition coefficient (Wildman–Crippen LogP) is 3.95. The first-order valence-corrected chi connectivity index (χ1v) is 12.3. The SMILES string of the molecule is CCCCNS(=O)(=O)c1cccc(Nc2c(C(C)=O)c(-c3ccccc3)nn(CC)c2=O)c1. The molecule has 9 heteroatoms.